The van der Waals surface area contributed by atoms with E-state index in [-0.39, 0.29) is 23.5 Å². The number of aromatic nitrogens is 3. The molecule has 0 saturated carbocycles. The number of carbonyl (C=O) groups is 2. The average Bonchev–Trinajstić information content (AvgIpc) is 3.25. The lowest BCUT2D eigenvalue weighted by Crippen LogP contribution is -2.52. The normalized spacial score (nSPS) is 19.7. The van der Waals surface area contributed by atoms with Crippen molar-refractivity contribution in [1.82, 2.24) is 25.2 Å². The molecule has 2 aliphatic rings. The molecule has 9 nitrogen and oxygen atoms in total. The fourth-order valence-corrected chi connectivity index (χ4v) is 5.17. The Hall–Kier alpha value is -2.59. The Balaban J connectivity index is 1.41. The molecule has 0 bridgehead atoms. The molecule has 1 spiro atoms. The number of anilines is 2. The van der Waals surface area contributed by atoms with E-state index in [1.807, 2.05) is 26.1 Å². The van der Waals surface area contributed by atoms with Crippen LogP contribution in [0.5, 0.6) is 0 Å². The van der Waals surface area contributed by atoms with Gasteiger partial charge in [0, 0.05) is 48.9 Å². The second-order valence-electron chi connectivity index (χ2n) is 8.17. The summed E-state index contributed by atoms with van der Waals surface area (Å²) in [6, 6.07) is 1.98. The van der Waals surface area contributed by atoms with E-state index in [0.717, 1.165) is 36.5 Å². The quantitative estimate of drug-likeness (QED) is 0.774. The summed E-state index contributed by atoms with van der Waals surface area (Å²) in [5.74, 6) is 1.23. The highest BCUT2D eigenvalue weighted by atomic mass is 32.1. The van der Waals surface area contributed by atoms with Crippen molar-refractivity contribution in [3.63, 3.8) is 0 Å². The highest BCUT2D eigenvalue weighted by molar-refractivity contribution is 7.15. The summed E-state index contributed by atoms with van der Waals surface area (Å²) in [5.41, 5.74) is 0.632. The van der Waals surface area contributed by atoms with Crippen LogP contribution in [0.4, 0.5) is 15.7 Å². The van der Waals surface area contributed by atoms with Crippen LogP contribution in [0.3, 0.4) is 0 Å². The third-order valence-electron chi connectivity index (χ3n) is 5.83. The molecule has 2 fully saturated rings. The minimum absolute atomic E-state index is 0.0867. The van der Waals surface area contributed by atoms with Crippen LogP contribution in [0.2, 0.25) is 0 Å². The highest BCUT2D eigenvalue weighted by Gasteiger charge is 2.46. The van der Waals surface area contributed by atoms with Crippen molar-refractivity contribution in [3.05, 3.63) is 28.7 Å². The van der Waals surface area contributed by atoms with Crippen LogP contribution >= 0.6 is 11.3 Å². The number of piperidine rings is 1. The van der Waals surface area contributed by atoms with Gasteiger partial charge in [-0.25, -0.2) is 19.7 Å². The van der Waals surface area contributed by atoms with E-state index >= 15 is 0 Å². The number of amides is 3. The largest absolute Gasteiger partial charge is 0.330 e. The fraction of sp³-hybridized carbons (Fsp3) is 0.550. The molecule has 2 saturated heterocycles. The van der Waals surface area contributed by atoms with Crippen LogP contribution < -0.4 is 15.5 Å². The number of nitrogens with one attached hydrogen (secondary N) is 2. The molecule has 160 valence electrons. The molecule has 2 aromatic rings. The molecule has 2 N–H and O–H groups in total. The molecular weight excluding hydrogens is 402 g/mol. The number of hydrogen-bond acceptors (Lipinski definition) is 7. The third kappa shape index (κ3) is 4.15. The molecule has 10 heteroatoms. The topological polar surface area (TPSA) is 103 Å². The van der Waals surface area contributed by atoms with E-state index in [1.165, 1.54) is 18.3 Å². The predicted octanol–water partition coefficient (Wildman–Crippen LogP) is 2.63. The predicted molar refractivity (Wildman–Crippen MR) is 116 cm³/mol. The second-order valence-corrected chi connectivity index (χ2v) is 9.23. The molecule has 30 heavy (non-hydrogen) atoms. The van der Waals surface area contributed by atoms with Gasteiger partial charge in [-0.15, -0.1) is 11.3 Å². The number of thiazole rings is 1. The van der Waals surface area contributed by atoms with E-state index in [4.69, 9.17) is 0 Å². The molecular formula is C20H27N7O2S. The summed E-state index contributed by atoms with van der Waals surface area (Å²) < 4.78 is 0. The first-order valence-electron chi connectivity index (χ1n) is 10.1. The Morgan fingerprint density at radius 3 is 2.70 bits per heavy atom. The van der Waals surface area contributed by atoms with Gasteiger partial charge in [0.15, 0.2) is 5.13 Å². The minimum Gasteiger partial charge on any atom is -0.330 e. The molecule has 2 aliphatic heterocycles. The van der Waals surface area contributed by atoms with Crippen molar-refractivity contribution in [2.75, 3.05) is 29.9 Å². The Kier molecular flexibility index (Phi) is 5.46. The van der Waals surface area contributed by atoms with E-state index in [9.17, 15) is 9.59 Å². The lowest BCUT2D eigenvalue weighted by atomic mass is 9.87. The van der Waals surface area contributed by atoms with Crippen molar-refractivity contribution in [2.45, 2.75) is 52.1 Å². The van der Waals surface area contributed by atoms with Gasteiger partial charge in [0.1, 0.15) is 11.6 Å². The van der Waals surface area contributed by atoms with Crippen LogP contribution in [0.1, 0.15) is 49.1 Å². The molecule has 2 aromatic heterocycles. The van der Waals surface area contributed by atoms with Crippen molar-refractivity contribution in [3.8, 4) is 0 Å². The summed E-state index contributed by atoms with van der Waals surface area (Å²) >= 11 is 1.51. The van der Waals surface area contributed by atoms with Gasteiger partial charge < -0.3 is 10.6 Å². The second kappa shape index (κ2) is 7.92. The minimum atomic E-state index is -0.227. The standard InChI is InChI=1S/C20H27N7O2S/c1-12-9-17(23-14(3)22-12)27-11-20(25-19(27)29)5-7-26(8-6-20)13(2)16-10-21-18(30-16)24-15(4)28/h9-10,13H,5-8,11H2,1-4H3,(H,25,29)(H,21,24,28)/t13-/m0/s1. The molecule has 1 atom stereocenters. The monoisotopic (exact) mass is 429 g/mol. The lowest BCUT2D eigenvalue weighted by molar-refractivity contribution is -0.114. The summed E-state index contributed by atoms with van der Waals surface area (Å²) in [7, 11) is 0. The summed E-state index contributed by atoms with van der Waals surface area (Å²) in [4.78, 5) is 42.3. The number of likely N-dealkylation sites (tertiary alicyclic amines) is 1. The number of rotatable bonds is 4. The molecule has 0 aliphatic carbocycles. The molecule has 0 aromatic carbocycles. The zero-order valence-electron chi connectivity index (χ0n) is 17.7. The van der Waals surface area contributed by atoms with Gasteiger partial charge in [-0.3, -0.25) is 14.6 Å². The van der Waals surface area contributed by atoms with E-state index in [1.54, 1.807) is 4.90 Å². The first-order chi connectivity index (χ1) is 14.2. The van der Waals surface area contributed by atoms with Gasteiger partial charge in [0.25, 0.3) is 0 Å². The highest BCUT2D eigenvalue weighted by Crippen LogP contribution is 2.35. The third-order valence-corrected chi connectivity index (χ3v) is 6.91. The van der Waals surface area contributed by atoms with Gasteiger partial charge in [0.05, 0.1) is 12.1 Å². The number of urea groups is 1. The van der Waals surface area contributed by atoms with Crippen LogP contribution in [-0.2, 0) is 4.79 Å². The van der Waals surface area contributed by atoms with Crippen molar-refractivity contribution in [2.24, 2.45) is 0 Å². The zero-order valence-corrected chi connectivity index (χ0v) is 18.5. The van der Waals surface area contributed by atoms with Crippen molar-refractivity contribution < 1.29 is 9.59 Å². The Labute approximate surface area is 179 Å². The van der Waals surface area contributed by atoms with Crippen LogP contribution in [0.15, 0.2) is 12.3 Å². The van der Waals surface area contributed by atoms with Crippen LogP contribution in [-0.4, -0.2) is 57.0 Å². The van der Waals surface area contributed by atoms with E-state index in [0.29, 0.717) is 23.3 Å². The van der Waals surface area contributed by atoms with Crippen molar-refractivity contribution in [1.29, 1.82) is 0 Å². The van der Waals surface area contributed by atoms with Gasteiger partial charge in [-0.1, -0.05) is 0 Å². The SMILES string of the molecule is CC(=O)Nc1ncc([C@H](C)N2CCC3(CC2)CN(c2cc(C)nc(C)n2)C(=O)N3)s1. The molecule has 4 rings (SSSR count). The number of aryl methyl sites for hydroxylation is 2. The summed E-state index contributed by atoms with van der Waals surface area (Å²) in [6.45, 7) is 9.79. The van der Waals surface area contributed by atoms with Crippen LogP contribution in [0, 0.1) is 13.8 Å². The van der Waals surface area contributed by atoms with Gasteiger partial charge in [0.2, 0.25) is 5.91 Å². The zero-order chi connectivity index (χ0) is 21.5. The fourth-order valence-electron chi connectivity index (χ4n) is 4.22. The lowest BCUT2D eigenvalue weighted by Gasteiger charge is -2.41. The maximum Gasteiger partial charge on any atom is 0.323 e. The van der Waals surface area contributed by atoms with Crippen molar-refractivity contribution >= 4 is 34.2 Å². The summed E-state index contributed by atoms with van der Waals surface area (Å²) in [6.07, 6.45) is 3.59. The smallest absolute Gasteiger partial charge is 0.323 e. The first kappa shape index (κ1) is 20.7. The Bertz CT molecular complexity index is 948. The number of nitrogens with zero attached hydrogens (tertiary/aromatic N) is 5. The van der Waals surface area contributed by atoms with Crippen LogP contribution in [0.25, 0.3) is 0 Å². The first-order valence-corrected chi connectivity index (χ1v) is 11.0. The summed E-state index contributed by atoms with van der Waals surface area (Å²) in [5, 5.41) is 6.60. The maximum atomic E-state index is 12.7. The van der Waals surface area contributed by atoms with Gasteiger partial charge >= 0.3 is 6.03 Å². The molecule has 0 radical (unpaired) electrons. The number of carbonyl (C=O) groups excluding carboxylic acids is 2. The van der Waals surface area contributed by atoms with E-state index in [2.05, 4.69) is 37.4 Å². The average molecular weight is 430 g/mol. The van der Waals surface area contributed by atoms with Gasteiger partial charge in [-0.2, -0.15) is 0 Å². The Morgan fingerprint density at radius 1 is 1.30 bits per heavy atom. The molecule has 3 amide bonds. The Morgan fingerprint density at radius 2 is 2.03 bits per heavy atom. The molecule has 4 heterocycles. The van der Waals surface area contributed by atoms with E-state index < -0.39 is 0 Å². The maximum absolute atomic E-state index is 12.7. The van der Waals surface area contributed by atoms with Gasteiger partial charge in [-0.05, 0) is 33.6 Å². The molecule has 0 unspecified atom stereocenters. The number of hydrogen-bond donors (Lipinski definition) is 2.